The average Bonchev–Trinajstić information content (AvgIpc) is 2.84. The van der Waals surface area contributed by atoms with E-state index >= 15 is 0 Å². The molecular weight excluding hydrogens is 211 g/mol. The Balaban J connectivity index is 2.20. The van der Waals surface area contributed by atoms with Crippen LogP contribution in [-0.2, 0) is 0 Å². The van der Waals surface area contributed by atoms with E-state index < -0.39 is 17.3 Å². The lowest BCUT2D eigenvalue weighted by molar-refractivity contribution is -0.151. The molecule has 0 bridgehead atoms. The number of H-pyrrole nitrogens is 1. The Bertz CT molecular complexity index is 422. The second-order valence-corrected chi connectivity index (χ2v) is 3.54. The molecule has 1 aliphatic rings. The standard InChI is InChI=1S/C8H8F3N3O/c9-8(10,11)7(1-2-7)13-5-3-6(15)14-12-4-5/h3-4H,1-2H2,(H2,13,14,15). The Labute approximate surface area is 82.5 Å². The van der Waals surface area contributed by atoms with E-state index in [1.54, 1.807) is 0 Å². The molecule has 0 unspecified atom stereocenters. The fourth-order valence-electron chi connectivity index (χ4n) is 1.33. The van der Waals surface area contributed by atoms with E-state index in [0.717, 1.165) is 12.3 Å². The molecule has 1 saturated carbocycles. The first-order valence-electron chi connectivity index (χ1n) is 4.33. The number of halogens is 3. The fourth-order valence-corrected chi connectivity index (χ4v) is 1.33. The predicted octanol–water partition coefficient (Wildman–Crippen LogP) is 1.28. The van der Waals surface area contributed by atoms with Crippen LogP contribution in [0.25, 0.3) is 0 Å². The van der Waals surface area contributed by atoms with Gasteiger partial charge in [-0.3, -0.25) is 4.79 Å². The highest BCUT2D eigenvalue weighted by molar-refractivity contribution is 5.45. The van der Waals surface area contributed by atoms with Gasteiger partial charge in [-0.15, -0.1) is 0 Å². The van der Waals surface area contributed by atoms with Crippen LogP contribution in [0.4, 0.5) is 18.9 Å². The minimum absolute atomic E-state index is 0.0311. The number of nitrogens with one attached hydrogen (secondary N) is 2. The quantitative estimate of drug-likeness (QED) is 0.787. The van der Waals surface area contributed by atoms with Crippen LogP contribution in [0.1, 0.15) is 12.8 Å². The lowest BCUT2D eigenvalue weighted by Gasteiger charge is -2.21. The molecule has 0 saturated heterocycles. The number of anilines is 1. The van der Waals surface area contributed by atoms with Crippen LogP contribution in [0.3, 0.4) is 0 Å². The lowest BCUT2D eigenvalue weighted by Crippen LogP contribution is -2.38. The van der Waals surface area contributed by atoms with Gasteiger partial charge in [-0.2, -0.15) is 18.3 Å². The summed E-state index contributed by atoms with van der Waals surface area (Å²) < 4.78 is 37.5. The first kappa shape index (κ1) is 10.0. The molecule has 2 rings (SSSR count). The van der Waals surface area contributed by atoms with Crippen molar-refractivity contribution in [2.45, 2.75) is 24.6 Å². The summed E-state index contributed by atoms with van der Waals surface area (Å²) >= 11 is 0. The minimum Gasteiger partial charge on any atom is -0.370 e. The van der Waals surface area contributed by atoms with E-state index in [1.807, 2.05) is 0 Å². The molecule has 1 aromatic rings. The van der Waals surface area contributed by atoms with Crippen molar-refractivity contribution >= 4 is 5.69 Å². The second-order valence-electron chi connectivity index (χ2n) is 3.54. The number of hydrogen-bond donors (Lipinski definition) is 2. The third-order valence-electron chi connectivity index (χ3n) is 2.34. The third kappa shape index (κ3) is 1.81. The molecule has 0 amide bonds. The van der Waals surface area contributed by atoms with Gasteiger partial charge in [-0.1, -0.05) is 0 Å². The summed E-state index contributed by atoms with van der Waals surface area (Å²) in [4.78, 5) is 10.8. The van der Waals surface area contributed by atoms with Crippen LogP contribution in [0.5, 0.6) is 0 Å². The number of hydrogen-bond acceptors (Lipinski definition) is 3. The summed E-state index contributed by atoms with van der Waals surface area (Å²) in [6, 6.07) is 1.05. The van der Waals surface area contributed by atoms with Gasteiger partial charge in [0.25, 0.3) is 5.56 Å². The molecule has 1 aromatic heterocycles. The average molecular weight is 219 g/mol. The third-order valence-corrected chi connectivity index (χ3v) is 2.34. The van der Waals surface area contributed by atoms with Gasteiger partial charge in [0.2, 0.25) is 0 Å². The van der Waals surface area contributed by atoms with Gasteiger partial charge in [0, 0.05) is 6.07 Å². The Kier molecular flexibility index (Phi) is 1.99. The van der Waals surface area contributed by atoms with Gasteiger partial charge in [0.1, 0.15) is 5.54 Å². The zero-order chi connectivity index (χ0) is 11.1. The van der Waals surface area contributed by atoms with Gasteiger partial charge < -0.3 is 5.32 Å². The molecule has 0 aliphatic heterocycles. The molecule has 15 heavy (non-hydrogen) atoms. The summed E-state index contributed by atoms with van der Waals surface area (Å²) in [6.07, 6.45) is -3.07. The molecule has 4 nitrogen and oxygen atoms in total. The summed E-state index contributed by atoms with van der Waals surface area (Å²) in [5.41, 5.74) is -2.30. The monoisotopic (exact) mass is 219 g/mol. The Morgan fingerprint density at radius 2 is 2.13 bits per heavy atom. The summed E-state index contributed by atoms with van der Waals surface area (Å²) in [5, 5.41) is 7.80. The number of aromatic amines is 1. The maximum Gasteiger partial charge on any atom is 0.411 e. The van der Waals surface area contributed by atoms with Gasteiger partial charge in [0.05, 0.1) is 11.9 Å². The van der Waals surface area contributed by atoms with Crippen molar-refractivity contribution in [1.29, 1.82) is 0 Å². The fraction of sp³-hybridized carbons (Fsp3) is 0.500. The highest BCUT2D eigenvalue weighted by Gasteiger charge is 2.63. The highest BCUT2D eigenvalue weighted by Crippen LogP contribution is 2.50. The molecule has 0 spiro atoms. The van der Waals surface area contributed by atoms with Gasteiger partial charge >= 0.3 is 6.18 Å². The van der Waals surface area contributed by atoms with Crippen molar-refractivity contribution in [3.05, 3.63) is 22.6 Å². The van der Waals surface area contributed by atoms with Crippen LogP contribution < -0.4 is 10.9 Å². The van der Waals surface area contributed by atoms with Gasteiger partial charge in [0.15, 0.2) is 0 Å². The van der Waals surface area contributed by atoms with Gasteiger partial charge in [-0.05, 0) is 12.8 Å². The smallest absolute Gasteiger partial charge is 0.370 e. The van der Waals surface area contributed by atoms with Crippen LogP contribution in [0.2, 0.25) is 0 Å². The second kappa shape index (κ2) is 2.98. The topological polar surface area (TPSA) is 57.8 Å². The van der Waals surface area contributed by atoms with E-state index in [4.69, 9.17) is 0 Å². The van der Waals surface area contributed by atoms with Crippen LogP contribution in [-0.4, -0.2) is 21.9 Å². The largest absolute Gasteiger partial charge is 0.411 e. The molecule has 82 valence electrons. The van der Waals surface area contributed by atoms with Crippen molar-refractivity contribution in [2.24, 2.45) is 0 Å². The van der Waals surface area contributed by atoms with Crippen molar-refractivity contribution in [1.82, 2.24) is 10.2 Å². The molecule has 0 atom stereocenters. The first-order chi connectivity index (χ1) is 6.93. The summed E-state index contributed by atoms with van der Waals surface area (Å²) in [5.74, 6) is 0. The van der Waals surface area contributed by atoms with Crippen LogP contribution >= 0.6 is 0 Å². The molecule has 7 heteroatoms. The molecule has 0 aromatic carbocycles. The van der Waals surface area contributed by atoms with Crippen LogP contribution in [0.15, 0.2) is 17.1 Å². The van der Waals surface area contributed by atoms with Crippen LogP contribution in [0, 0.1) is 0 Å². The molecular formula is C8H8F3N3O. The number of aromatic nitrogens is 2. The number of rotatable bonds is 2. The van der Waals surface area contributed by atoms with E-state index in [1.165, 1.54) is 0 Å². The van der Waals surface area contributed by atoms with E-state index in [9.17, 15) is 18.0 Å². The van der Waals surface area contributed by atoms with Crippen molar-refractivity contribution in [2.75, 3.05) is 5.32 Å². The van der Waals surface area contributed by atoms with E-state index in [-0.39, 0.29) is 18.5 Å². The minimum atomic E-state index is -4.30. The number of alkyl halides is 3. The normalized spacial score (nSPS) is 18.6. The van der Waals surface area contributed by atoms with Crippen molar-refractivity contribution in [3.63, 3.8) is 0 Å². The summed E-state index contributed by atoms with van der Waals surface area (Å²) in [7, 11) is 0. The Hall–Kier alpha value is -1.53. The maximum absolute atomic E-state index is 12.5. The molecule has 1 fully saturated rings. The predicted molar refractivity (Wildman–Crippen MR) is 46.5 cm³/mol. The highest BCUT2D eigenvalue weighted by atomic mass is 19.4. The zero-order valence-corrected chi connectivity index (χ0v) is 7.56. The van der Waals surface area contributed by atoms with E-state index in [2.05, 4.69) is 15.5 Å². The SMILES string of the molecule is O=c1cc(NC2(C(F)(F)F)CC2)cn[nH]1. The molecule has 2 N–H and O–H groups in total. The van der Waals surface area contributed by atoms with Crippen molar-refractivity contribution in [3.8, 4) is 0 Å². The zero-order valence-electron chi connectivity index (χ0n) is 7.56. The summed E-state index contributed by atoms with van der Waals surface area (Å²) in [6.45, 7) is 0. The Morgan fingerprint density at radius 1 is 1.47 bits per heavy atom. The maximum atomic E-state index is 12.5. The Morgan fingerprint density at radius 3 is 2.60 bits per heavy atom. The lowest BCUT2D eigenvalue weighted by atomic mass is 10.2. The molecule has 1 aliphatic carbocycles. The first-order valence-corrected chi connectivity index (χ1v) is 4.33. The van der Waals surface area contributed by atoms with Gasteiger partial charge in [-0.25, -0.2) is 5.10 Å². The molecule has 0 radical (unpaired) electrons. The number of nitrogens with zero attached hydrogens (tertiary/aromatic N) is 1. The molecule has 1 heterocycles. The van der Waals surface area contributed by atoms with E-state index in [0.29, 0.717) is 0 Å². The van der Waals surface area contributed by atoms with Crippen molar-refractivity contribution < 1.29 is 13.2 Å².